The summed E-state index contributed by atoms with van der Waals surface area (Å²) in [7, 11) is 3.47. The third-order valence-corrected chi connectivity index (χ3v) is 2.78. The highest BCUT2D eigenvalue weighted by Crippen LogP contribution is 2.25. The summed E-state index contributed by atoms with van der Waals surface area (Å²) in [6.45, 7) is 6.80. The summed E-state index contributed by atoms with van der Waals surface area (Å²) in [6, 6.07) is -1.07. The van der Waals surface area contributed by atoms with Gasteiger partial charge in [0, 0.05) is 25.9 Å². The molecule has 22 heavy (non-hydrogen) atoms. The molecule has 0 aliphatic carbocycles. The summed E-state index contributed by atoms with van der Waals surface area (Å²) in [4.78, 5) is 39.4. The summed E-state index contributed by atoms with van der Waals surface area (Å²) in [5, 5.41) is 0. The lowest BCUT2D eigenvalue weighted by Gasteiger charge is -2.27. The van der Waals surface area contributed by atoms with E-state index in [0.29, 0.717) is 0 Å². The van der Waals surface area contributed by atoms with Crippen LogP contribution in [0.4, 0.5) is 4.79 Å². The molecule has 0 spiro atoms. The van der Waals surface area contributed by atoms with Crippen LogP contribution in [0.15, 0.2) is 11.8 Å². The van der Waals surface area contributed by atoms with Gasteiger partial charge < -0.3 is 14.4 Å². The van der Waals surface area contributed by atoms with Crippen LogP contribution in [0.25, 0.3) is 0 Å². The molecule has 1 heterocycles. The Morgan fingerprint density at radius 3 is 2.41 bits per heavy atom. The number of amides is 1. The van der Waals surface area contributed by atoms with E-state index in [-0.39, 0.29) is 24.5 Å². The summed E-state index contributed by atoms with van der Waals surface area (Å²) in [5.41, 5.74) is -0.484. The van der Waals surface area contributed by atoms with Crippen molar-refractivity contribution in [3.05, 3.63) is 11.8 Å². The summed E-state index contributed by atoms with van der Waals surface area (Å²) < 4.78 is 10.3. The Bertz CT molecular complexity index is 491. The standard InChI is InChI=1S/C15H24N2O5/c1-7-21-13(19)12-10(8-16(5)6)11(18)9-17(12)14(20)22-15(2,3)4/h8,12H,7,9H2,1-6H3/b10-8-. The molecule has 0 aromatic rings. The fourth-order valence-electron chi connectivity index (χ4n) is 2.04. The molecule has 1 amide bonds. The molecular formula is C15H24N2O5. The highest BCUT2D eigenvalue weighted by atomic mass is 16.6. The van der Waals surface area contributed by atoms with Gasteiger partial charge in [-0.3, -0.25) is 9.69 Å². The molecule has 1 rings (SSSR count). The van der Waals surface area contributed by atoms with Gasteiger partial charge in [0.1, 0.15) is 5.60 Å². The van der Waals surface area contributed by atoms with Gasteiger partial charge in [-0.2, -0.15) is 0 Å². The molecule has 0 aromatic heterocycles. The van der Waals surface area contributed by atoms with Crippen LogP contribution in [0.5, 0.6) is 0 Å². The van der Waals surface area contributed by atoms with Crippen LogP contribution >= 0.6 is 0 Å². The zero-order valence-electron chi connectivity index (χ0n) is 14.0. The van der Waals surface area contributed by atoms with E-state index in [1.165, 1.54) is 6.20 Å². The van der Waals surface area contributed by atoms with E-state index in [1.807, 2.05) is 0 Å². The van der Waals surface area contributed by atoms with Crippen LogP contribution in [0.2, 0.25) is 0 Å². The SMILES string of the molecule is CCOC(=O)C1/C(=C\N(C)C)C(=O)CN1C(=O)OC(C)(C)C. The number of rotatable bonds is 3. The van der Waals surface area contributed by atoms with Crippen molar-refractivity contribution < 1.29 is 23.9 Å². The molecule has 7 nitrogen and oxygen atoms in total. The zero-order valence-corrected chi connectivity index (χ0v) is 14.0. The third kappa shape index (κ3) is 4.47. The normalized spacial score (nSPS) is 20.3. The first-order valence-corrected chi connectivity index (χ1v) is 7.14. The molecule has 1 aliphatic rings. The first-order valence-electron chi connectivity index (χ1n) is 7.14. The Labute approximate surface area is 130 Å². The fraction of sp³-hybridized carbons (Fsp3) is 0.667. The summed E-state index contributed by atoms with van der Waals surface area (Å²) in [5.74, 6) is -0.926. The highest BCUT2D eigenvalue weighted by Gasteiger charge is 2.45. The van der Waals surface area contributed by atoms with Crippen molar-refractivity contribution in [2.45, 2.75) is 39.3 Å². The molecule has 0 bridgehead atoms. The smallest absolute Gasteiger partial charge is 0.411 e. The molecule has 1 atom stereocenters. The minimum Gasteiger partial charge on any atom is -0.464 e. The molecule has 0 saturated carbocycles. The Hall–Kier alpha value is -2.05. The minimum atomic E-state index is -1.07. The van der Waals surface area contributed by atoms with Gasteiger partial charge in [-0.1, -0.05) is 0 Å². The number of ether oxygens (including phenoxy) is 2. The second-order valence-electron chi connectivity index (χ2n) is 6.23. The van der Waals surface area contributed by atoms with E-state index in [4.69, 9.17) is 9.47 Å². The summed E-state index contributed by atoms with van der Waals surface area (Å²) in [6.07, 6.45) is 0.829. The number of nitrogens with zero attached hydrogens (tertiary/aromatic N) is 2. The Kier molecular flexibility index (Phi) is 5.57. The number of carbonyl (C=O) groups is 3. The van der Waals surface area contributed by atoms with Crippen LogP contribution in [0, 0.1) is 0 Å². The number of Topliss-reactive ketones (excluding diaryl/α,β-unsaturated/α-hetero) is 1. The third-order valence-electron chi connectivity index (χ3n) is 2.78. The van der Waals surface area contributed by atoms with Gasteiger partial charge in [-0.05, 0) is 27.7 Å². The van der Waals surface area contributed by atoms with Gasteiger partial charge in [0.05, 0.1) is 13.2 Å². The van der Waals surface area contributed by atoms with E-state index in [1.54, 1.807) is 46.7 Å². The fourth-order valence-corrected chi connectivity index (χ4v) is 2.04. The van der Waals surface area contributed by atoms with Crippen molar-refractivity contribution in [1.82, 2.24) is 9.80 Å². The van der Waals surface area contributed by atoms with Crippen LogP contribution in [-0.4, -0.2) is 66.5 Å². The van der Waals surface area contributed by atoms with Gasteiger partial charge in [0.2, 0.25) is 0 Å². The highest BCUT2D eigenvalue weighted by molar-refractivity contribution is 6.09. The number of hydrogen-bond acceptors (Lipinski definition) is 6. The molecule has 1 aliphatic heterocycles. The van der Waals surface area contributed by atoms with E-state index in [9.17, 15) is 14.4 Å². The number of esters is 1. The van der Waals surface area contributed by atoms with Crippen molar-refractivity contribution in [3.8, 4) is 0 Å². The Morgan fingerprint density at radius 1 is 1.36 bits per heavy atom. The van der Waals surface area contributed by atoms with E-state index in [2.05, 4.69) is 0 Å². The Morgan fingerprint density at radius 2 is 1.95 bits per heavy atom. The van der Waals surface area contributed by atoms with E-state index >= 15 is 0 Å². The predicted octanol–water partition coefficient (Wildman–Crippen LogP) is 1.18. The van der Waals surface area contributed by atoms with Crippen LogP contribution in [-0.2, 0) is 19.1 Å². The molecule has 1 saturated heterocycles. The first kappa shape index (κ1) is 18.0. The van der Waals surface area contributed by atoms with Crippen molar-refractivity contribution in [2.24, 2.45) is 0 Å². The maximum Gasteiger partial charge on any atom is 0.411 e. The van der Waals surface area contributed by atoms with Gasteiger partial charge in [-0.15, -0.1) is 0 Å². The predicted molar refractivity (Wildman–Crippen MR) is 80.1 cm³/mol. The monoisotopic (exact) mass is 312 g/mol. The first-order chi connectivity index (χ1) is 10.1. The molecule has 0 N–H and O–H groups in total. The van der Waals surface area contributed by atoms with Gasteiger partial charge in [0.25, 0.3) is 0 Å². The maximum atomic E-state index is 12.3. The Balaban J connectivity index is 3.13. The lowest BCUT2D eigenvalue weighted by atomic mass is 10.1. The van der Waals surface area contributed by atoms with Gasteiger partial charge in [-0.25, -0.2) is 9.59 Å². The van der Waals surface area contributed by atoms with Crippen LogP contribution < -0.4 is 0 Å². The van der Waals surface area contributed by atoms with Crippen LogP contribution in [0.1, 0.15) is 27.7 Å². The zero-order chi connectivity index (χ0) is 17.1. The summed E-state index contributed by atoms with van der Waals surface area (Å²) >= 11 is 0. The molecule has 0 radical (unpaired) electrons. The second kappa shape index (κ2) is 6.81. The quantitative estimate of drug-likeness (QED) is 0.575. The molecule has 124 valence electrons. The number of likely N-dealkylation sites (tertiary alicyclic amines) is 1. The molecular weight excluding hydrogens is 288 g/mol. The molecule has 7 heteroatoms. The second-order valence-corrected chi connectivity index (χ2v) is 6.23. The average molecular weight is 312 g/mol. The van der Waals surface area contributed by atoms with Crippen molar-refractivity contribution in [1.29, 1.82) is 0 Å². The van der Waals surface area contributed by atoms with Gasteiger partial charge in [0.15, 0.2) is 11.8 Å². The molecule has 1 unspecified atom stereocenters. The lowest BCUT2D eigenvalue weighted by molar-refractivity contribution is -0.147. The number of ketones is 1. The maximum absolute atomic E-state index is 12.3. The van der Waals surface area contributed by atoms with Crippen molar-refractivity contribution >= 4 is 17.8 Å². The lowest BCUT2D eigenvalue weighted by Crippen LogP contribution is -2.44. The topological polar surface area (TPSA) is 76.2 Å². The minimum absolute atomic E-state index is 0.168. The average Bonchev–Trinajstić information content (AvgIpc) is 2.64. The van der Waals surface area contributed by atoms with E-state index in [0.717, 1.165) is 4.90 Å². The molecule has 1 fully saturated rings. The van der Waals surface area contributed by atoms with E-state index < -0.39 is 23.7 Å². The van der Waals surface area contributed by atoms with Gasteiger partial charge >= 0.3 is 12.1 Å². The largest absolute Gasteiger partial charge is 0.464 e. The number of hydrogen-bond donors (Lipinski definition) is 0. The van der Waals surface area contributed by atoms with Crippen molar-refractivity contribution in [2.75, 3.05) is 27.2 Å². The molecule has 0 aromatic carbocycles. The van der Waals surface area contributed by atoms with Crippen molar-refractivity contribution in [3.63, 3.8) is 0 Å². The number of carbonyl (C=O) groups excluding carboxylic acids is 3. The van der Waals surface area contributed by atoms with Crippen LogP contribution in [0.3, 0.4) is 0 Å².